The van der Waals surface area contributed by atoms with E-state index in [1.165, 1.54) is 13.1 Å². The summed E-state index contributed by atoms with van der Waals surface area (Å²) in [5, 5.41) is 5.17. The summed E-state index contributed by atoms with van der Waals surface area (Å²) in [6.07, 6.45) is 0. The Kier molecular flexibility index (Phi) is 4.25. The van der Waals surface area contributed by atoms with Crippen LogP contribution in [-0.2, 0) is 4.79 Å². The minimum atomic E-state index is -0.613. The fourth-order valence-electron chi connectivity index (χ4n) is 1.09. The largest absolute Gasteiger partial charge is 0.357 e. The Balaban J connectivity index is 2.69. The maximum atomic E-state index is 11.6. The normalized spacial score (nSPS) is 11.7. The smallest absolute Gasteiger partial charge is 0.270 e. The number of amides is 2. The van der Waals surface area contributed by atoms with E-state index in [9.17, 15) is 9.59 Å². The number of likely N-dealkylation sites (N-methyl/N-ethyl adjacent to an activating group) is 1. The fourth-order valence-corrected chi connectivity index (χ4v) is 1.25. The molecule has 0 aliphatic rings. The van der Waals surface area contributed by atoms with Gasteiger partial charge in [0.15, 0.2) is 0 Å². The van der Waals surface area contributed by atoms with Crippen LogP contribution in [-0.4, -0.2) is 29.9 Å². The van der Waals surface area contributed by atoms with Crippen molar-refractivity contribution in [2.24, 2.45) is 0 Å². The van der Waals surface area contributed by atoms with Gasteiger partial charge in [-0.05, 0) is 19.1 Å². The Morgan fingerprint density at radius 3 is 2.69 bits per heavy atom. The summed E-state index contributed by atoms with van der Waals surface area (Å²) in [4.78, 5) is 26.6. The number of halogens is 1. The van der Waals surface area contributed by atoms with Gasteiger partial charge in [0.05, 0.1) is 0 Å². The standard InChI is InChI=1S/C10H12ClN3O2/c1-6(9(15)12-2)13-10(16)7-4-3-5-8(11)14-7/h3-6H,1-2H3,(H,12,15)(H,13,16). The second-order valence-electron chi connectivity index (χ2n) is 3.15. The van der Waals surface area contributed by atoms with E-state index >= 15 is 0 Å². The van der Waals surface area contributed by atoms with Crippen molar-refractivity contribution in [1.82, 2.24) is 15.6 Å². The molecule has 0 radical (unpaired) electrons. The molecule has 0 bridgehead atoms. The van der Waals surface area contributed by atoms with Gasteiger partial charge in [-0.1, -0.05) is 17.7 Å². The van der Waals surface area contributed by atoms with Crippen molar-refractivity contribution in [3.05, 3.63) is 29.0 Å². The molecule has 0 saturated carbocycles. The summed E-state index contributed by atoms with van der Waals surface area (Å²) in [5.74, 6) is -0.700. The number of aromatic nitrogens is 1. The van der Waals surface area contributed by atoms with E-state index in [1.54, 1.807) is 19.1 Å². The van der Waals surface area contributed by atoms with Crippen LogP contribution in [0.5, 0.6) is 0 Å². The molecular weight excluding hydrogens is 230 g/mol. The maximum Gasteiger partial charge on any atom is 0.270 e. The van der Waals surface area contributed by atoms with Crippen LogP contribution in [0.3, 0.4) is 0 Å². The van der Waals surface area contributed by atoms with Gasteiger partial charge in [0.1, 0.15) is 16.9 Å². The molecule has 1 aromatic heterocycles. The third-order valence-electron chi connectivity index (χ3n) is 1.94. The number of hydrogen-bond donors (Lipinski definition) is 2. The van der Waals surface area contributed by atoms with Crippen molar-refractivity contribution >= 4 is 23.4 Å². The van der Waals surface area contributed by atoms with E-state index in [2.05, 4.69) is 15.6 Å². The van der Waals surface area contributed by atoms with Gasteiger partial charge >= 0.3 is 0 Å². The molecule has 0 aliphatic carbocycles. The SMILES string of the molecule is CNC(=O)C(C)NC(=O)c1cccc(Cl)n1. The molecule has 1 unspecified atom stereocenters. The van der Waals surface area contributed by atoms with Gasteiger partial charge in [-0.25, -0.2) is 4.98 Å². The Hall–Kier alpha value is -1.62. The van der Waals surface area contributed by atoms with E-state index in [1.807, 2.05) is 0 Å². The van der Waals surface area contributed by atoms with Crippen molar-refractivity contribution in [2.45, 2.75) is 13.0 Å². The van der Waals surface area contributed by atoms with Gasteiger partial charge in [0, 0.05) is 7.05 Å². The molecule has 16 heavy (non-hydrogen) atoms. The molecule has 0 fully saturated rings. The topological polar surface area (TPSA) is 71.1 Å². The Labute approximate surface area is 98.2 Å². The third-order valence-corrected chi connectivity index (χ3v) is 2.15. The van der Waals surface area contributed by atoms with E-state index in [-0.39, 0.29) is 16.8 Å². The zero-order chi connectivity index (χ0) is 12.1. The van der Waals surface area contributed by atoms with Crippen LogP contribution in [0, 0.1) is 0 Å². The number of pyridine rings is 1. The summed E-state index contributed by atoms with van der Waals surface area (Å²) in [7, 11) is 1.50. The summed E-state index contributed by atoms with van der Waals surface area (Å²) >= 11 is 5.64. The molecule has 5 nitrogen and oxygen atoms in total. The van der Waals surface area contributed by atoms with Crippen molar-refractivity contribution < 1.29 is 9.59 Å². The Morgan fingerprint density at radius 2 is 2.12 bits per heavy atom. The molecule has 0 aromatic carbocycles. The van der Waals surface area contributed by atoms with Crippen LogP contribution in [0.4, 0.5) is 0 Å². The lowest BCUT2D eigenvalue weighted by Crippen LogP contribution is -2.43. The summed E-state index contributed by atoms with van der Waals surface area (Å²) in [5.41, 5.74) is 0.184. The predicted molar refractivity (Wildman–Crippen MR) is 60.2 cm³/mol. The molecule has 0 spiro atoms. The highest BCUT2D eigenvalue weighted by Crippen LogP contribution is 2.05. The van der Waals surface area contributed by atoms with Gasteiger partial charge in [0.2, 0.25) is 5.91 Å². The van der Waals surface area contributed by atoms with E-state index < -0.39 is 11.9 Å². The lowest BCUT2D eigenvalue weighted by molar-refractivity contribution is -0.122. The minimum Gasteiger partial charge on any atom is -0.357 e. The van der Waals surface area contributed by atoms with E-state index in [0.29, 0.717) is 0 Å². The number of rotatable bonds is 3. The summed E-state index contributed by atoms with van der Waals surface area (Å²) in [6.45, 7) is 1.58. The molecule has 6 heteroatoms. The first-order chi connectivity index (χ1) is 7.54. The lowest BCUT2D eigenvalue weighted by Gasteiger charge is -2.11. The molecule has 86 valence electrons. The molecule has 0 saturated heterocycles. The molecular formula is C10H12ClN3O2. The van der Waals surface area contributed by atoms with Crippen molar-refractivity contribution in [1.29, 1.82) is 0 Å². The minimum absolute atomic E-state index is 0.184. The van der Waals surface area contributed by atoms with Gasteiger partial charge in [-0.3, -0.25) is 9.59 Å². The maximum absolute atomic E-state index is 11.6. The van der Waals surface area contributed by atoms with Crippen LogP contribution in [0.15, 0.2) is 18.2 Å². The zero-order valence-corrected chi connectivity index (χ0v) is 9.71. The third kappa shape index (κ3) is 3.20. The highest BCUT2D eigenvalue weighted by Gasteiger charge is 2.15. The molecule has 1 atom stereocenters. The first-order valence-electron chi connectivity index (χ1n) is 4.69. The molecule has 1 rings (SSSR count). The number of carbonyl (C=O) groups is 2. The molecule has 0 aliphatic heterocycles. The highest BCUT2D eigenvalue weighted by atomic mass is 35.5. The van der Waals surface area contributed by atoms with Gasteiger partial charge < -0.3 is 10.6 Å². The molecule has 2 N–H and O–H groups in total. The first kappa shape index (κ1) is 12.4. The highest BCUT2D eigenvalue weighted by molar-refractivity contribution is 6.29. The molecule has 2 amide bonds. The van der Waals surface area contributed by atoms with Crippen LogP contribution < -0.4 is 10.6 Å². The summed E-state index contributed by atoms with van der Waals surface area (Å²) < 4.78 is 0. The quantitative estimate of drug-likeness (QED) is 0.762. The van der Waals surface area contributed by atoms with Crippen molar-refractivity contribution in [3.8, 4) is 0 Å². The molecule has 1 aromatic rings. The van der Waals surface area contributed by atoms with E-state index in [0.717, 1.165) is 0 Å². The fraction of sp³-hybridized carbons (Fsp3) is 0.300. The number of nitrogens with zero attached hydrogens (tertiary/aromatic N) is 1. The predicted octanol–water partition coefficient (Wildman–Crippen LogP) is 0.599. The van der Waals surface area contributed by atoms with Crippen molar-refractivity contribution in [3.63, 3.8) is 0 Å². The Morgan fingerprint density at radius 1 is 1.44 bits per heavy atom. The van der Waals surface area contributed by atoms with E-state index in [4.69, 9.17) is 11.6 Å². The van der Waals surface area contributed by atoms with Gasteiger partial charge in [-0.15, -0.1) is 0 Å². The van der Waals surface area contributed by atoms with Crippen LogP contribution in [0.25, 0.3) is 0 Å². The van der Waals surface area contributed by atoms with Gasteiger partial charge in [-0.2, -0.15) is 0 Å². The average molecular weight is 242 g/mol. The van der Waals surface area contributed by atoms with Crippen LogP contribution in [0.1, 0.15) is 17.4 Å². The zero-order valence-electron chi connectivity index (χ0n) is 8.95. The van der Waals surface area contributed by atoms with Crippen LogP contribution in [0.2, 0.25) is 5.15 Å². The van der Waals surface area contributed by atoms with Crippen molar-refractivity contribution in [2.75, 3.05) is 7.05 Å². The number of carbonyl (C=O) groups excluding carboxylic acids is 2. The second kappa shape index (κ2) is 5.46. The average Bonchev–Trinajstić information content (AvgIpc) is 2.27. The number of hydrogen-bond acceptors (Lipinski definition) is 3. The monoisotopic (exact) mass is 241 g/mol. The number of nitrogens with one attached hydrogen (secondary N) is 2. The summed E-state index contributed by atoms with van der Waals surface area (Å²) in [6, 6.07) is 4.10. The first-order valence-corrected chi connectivity index (χ1v) is 5.07. The molecule has 1 heterocycles. The lowest BCUT2D eigenvalue weighted by atomic mass is 10.3. The van der Waals surface area contributed by atoms with Crippen LogP contribution >= 0.6 is 11.6 Å². The Bertz CT molecular complexity index is 409. The second-order valence-corrected chi connectivity index (χ2v) is 3.54. The van der Waals surface area contributed by atoms with Gasteiger partial charge in [0.25, 0.3) is 5.91 Å².